The summed E-state index contributed by atoms with van der Waals surface area (Å²) in [5.74, 6) is -0.203. The number of para-hydroxylation sites is 1. The second-order valence-corrected chi connectivity index (χ2v) is 5.14. The monoisotopic (exact) mass is 280 g/mol. The van der Waals surface area contributed by atoms with Crippen molar-refractivity contribution >= 4 is 10.9 Å². The topological polar surface area (TPSA) is 24.9 Å². The van der Waals surface area contributed by atoms with Gasteiger partial charge < -0.3 is 5.32 Å². The Morgan fingerprint density at radius 2 is 1.86 bits per heavy atom. The van der Waals surface area contributed by atoms with Crippen molar-refractivity contribution in [3.8, 4) is 0 Å². The van der Waals surface area contributed by atoms with Crippen LogP contribution in [-0.2, 0) is 0 Å². The molecule has 1 aromatic heterocycles. The number of benzene rings is 2. The van der Waals surface area contributed by atoms with Gasteiger partial charge in [0.2, 0.25) is 0 Å². The minimum absolute atomic E-state index is 0.0125. The Bertz CT molecular complexity index is 778. The molecule has 3 rings (SSSR count). The van der Waals surface area contributed by atoms with E-state index < -0.39 is 0 Å². The predicted molar refractivity (Wildman–Crippen MR) is 83.8 cm³/mol. The number of rotatable bonds is 3. The van der Waals surface area contributed by atoms with E-state index in [0.717, 1.165) is 27.6 Å². The van der Waals surface area contributed by atoms with Crippen molar-refractivity contribution in [2.75, 3.05) is 7.05 Å². The zero-order valence-electron chi connectivity index (χ0n) is 12.1. The summed E-state index contributed by atoms with van der Waals surface area (Å²) >= 11 is 0. The Morgan fingerprint density at radius 3 is 2.62 bits per heavy atom. The number of hydrogen-bond donors (Lipinski definition) is 1. The molecule has 0 aliphatic carbocycles. The summed E-state index contributed by atoms with van der Waals surface area (Å²) in [7, 11) is 1.92. The fourth-order valence-electron chi connectivity index (χ4n) is 2.81. The van der Waals surface area contributed by atoms with E-state index in [-0.39, 0.29) is 11.9 Å². The van der Waals surface area contributed by atoms with E-state index in [4.69, 9.17) is 0 Å². The fraction of sp³-hybridized carbons (Fsp3) is 0.167. The average molecular weight is 280 g/mol. The van der Waals surface area contributed by atoms with Crippen molar-refractivity contribution in [3.63, 3.8) is 0 Å². The first-order valence-electron chi connectivity index (χ1n) is 6.97. The molecule has 3 aromatic rings. The molecule has 0 spiro atoms. The van der Waals surface area contributed by atoms with Crippen LogP contribution < -0.4 is 5.32 Å². The van der Waals surface area contributed by atoms with Crippen LogP contribution >= 0.6 is 0 Å². The highest BCUT2D eigenvalue weighted by atomic mass is 19.1. The molecule has 0 aliphatic rings. The van der Waals surface area contributed by atoms with Crippen LogP contribution in [0.4, 0.5) is 4.39 Å². The van der Waals surface area contributed by atoms with Crippen molar-refractivity contribution in [3.05, 3.63) is 77.2 Å². The van der Waals surface area contributed by atoms with Crippen molar-refractivity contribution in [1.82, 2.24) is 10.3 Å². The number of pyridine rings is 1. The van der Waals surface area contributed by atoms with Gasteiger partial charge in [0.1, 0.15) is 5.82 Å². The van der Waals surface area contributed by atoms with E-state index in [2.05, 4.69) is 16.4 Å². The largest absolute Gasteiger partial charge is 0.309 e. The van der Waals surface area contributed by atoms with Gasteiger partial charge in [-0.15, -0.1) is 0 Å². The fourth-order valence-corrected chi connectivity index (χ4v) is 2.81. The van der Waals surface area contributed by atoms with Crippen molar-refractivity contribution < 1.29 is 4.39 Å². The molecule has 0 fully saturated rings. The molecule has 3 heteroatoms. The summed E-state index contributed by atoms with van der Waals surface area (Å²) in [6.45, 7) is 1.94. The lowest BCUT2D eigenvalue weighted by molar-refractivity contribution is 0.621. The second-order valence-electron chi connectivity index (χ2n) is 5.14. The van der Waals surface area contributed by atoms with Crippen LogP contribution in [0, 0.1) is 12.7 Å². The van der Waals surface area contributed by atoms with E-state index in [1.54, 1.807) is 6.07 Å². The minimum atomic E-state index is -0.203. The highest BCUT2D eigenvalue weighted by Crippen LogP contribution is 2.29. The Hall–Kier alpha value is -2.26. The number of nitrogens with zero attached hydrogens (tertiary/aromatic N) is 1. The molecule has 1 atom stereocenters. The Morgan fingerprint density at radius 1 is 1.05 bits per heavy atom. The first-order valence-corrected chi connectivity index (χ1v) is 6.97. The standard InChI is InChI=1S/C18H17FN2/c1-12-11-13(19)7-8-14(12)18(20-2)16-9-10-21-17-6-4-3-5-15(16)17/h3-11,18,20H,1-2H3. The average Bonchev–Trinajstić information content (AvgIpc) is 2.50. The van der Waals surface area contributed by atoms with Gasteiger partial charge in [-0.2, -0.15) is 0 Å². The minimum Gasteiger partial charge on any atom is -0.309 e. The van der Waals surface area contributed by atoms with Crippen LogP contribution in [0.25, 0.3) is 10.9 Å². The molecule has 0 saturated heterocycles. The smallest absolute Gasteiger partial charge is 0.123 e. The number of fused-ring (bicyclic) bond motifs is 1. The quantitative estimate of drug-likeness (QED) is 0.784. The van der Waals surface area contributed by atoms with E-state index in [1.165, 1.54) is 6.07 Å². The van der Waals surface area contributed by atoms with E-state index in [0.29, 0.717) is 0 Å². The third-order valence-electron chi connectivity index (χ3n) is 3.83. The summed E-state index contributed by atoms with van der Waals surface area (Å²) < 4.78 is 13.3. The van der Waals surface area contributed by atoms with Crippen LogP contribution in [0.3, 0.4) is 0 Å². The van der Waals surface area contributed by atoms with E-state index in [1.807, 2.05) is 50.5 Å². The van der Waals surface area contributed by atoms with Crippen LogP contribution in [0.2, 0.25) is 0 Å². The van der Waals surface area contributed by atoms with Crippen LogP contribution in [0.15, 0.2) is 54.7 Å². The third-order valence-corrected chi connectivity index (χ3v) is 3.83. The molecule has 0 aliphatic heterocycles. The zero-order valence-corrected chi connectivity index (χ0v) is 12.1. The normalized spacial score (nSPS) is 12.5. The molecule has 1 heterocycles. The highest BCUT2D eigenvalue weighted by Gasteiger charge is 2.17. The summed E-state index contributed by atoms with van der Waals surface area (Å²) in [6.07, 6.45) is 1.82. The zero-order chi connectivity index (χ0) is 14.8. The molecular formula is C18H17FN2. The Kier molecular flexibility index (Phi) is 3.67. The van der Waals surface area contributed by atoms with Crippen LogP contribution in [-0.4, -0.2) is 12.0 Å². The molecule has 0 bridgehead atoms. The summed E-state index contributed by atoms with van der Waals surface area (Å²) in [5.41, 5.74) is 4.14. The molecule has 1 unspecified atom stereocenters. The van der Waals surface area contributed by atoms with Gasteiger partial charge in [0.15, 0.2) is 0 Å². The third kappa shape index (κ3) is 2.52. The number of halogens is 1. The summed E-state index contributed by atoms with van der Waals surface area (Å²) in [6, 6.07) is 15.0. The molecule has 0 amide bonds. The molecule has 2 nitrogen and oxygen atoms in total. The van der Waals surface area contributed by atoms with Gasteiger partial charge >= 0.3 is 0 Å². The number of nitrogens with one attached hydrogen (secondary N) is 1. The van der Waals surface area contributed by atoms with Crippen molar-refractivity contribution in [1.29, 1.82) is 0 Å². The lowest BCUT2D eigenvalue weighted by atomic mass is 9.93. The van der Waals surface area contributed by atoms with Crippen molar-refractivity contribution in [2.45, 2.75) is 13.0 Å². The lowest BCUT2D eigenvalue weighted by Crippen LogP contribution is -2.19. The van der Waals surface area contributed by atoms with Gasteiger partial charge in [-0.1, -0.05) is 24.3 Å². The number of aromatic nitrogens is 1. The summed E-state index contributed by atoms with van der Waals surface area (Å²) in [5, 5.41) is 4.45. The SMILES string of the molecule is CNC(c1ccc(F)cc1C)c1ccnc2ccccc12. The maximum atomic E-state index is 13.3. The first-order chi connectivity index (χ1) is 10.2. The lowest BCUT2D eigenvalue weighted by Gasteiger charge is -2.21. The molecule has 1 N–H and O–H groups in total. The molecule has 106 valence electrons. The number of aryl methyl sites for hydroxylation is 1. The van der Waals surface area contributed by atoms with Gasteiger partial charge in [-0.25, -0.2) is 4.39 Å². The van der Waals surface area contributed by atoms with Crippen LogP contribution in [0.5, 0.6) is 0 Å². The van der Waals surface area contributed by atoms with Crippen molar-refractivity contribution in [2.24, 2.45) is 0 Å². The summed E-state index contributed by atoms with van der Waals surface area (Å²) in [4.78, 5) is 4.40. The molecule has 21 heavy (non-hydrogen) atoms. The predicted octanol–water partition coefficient (Wildman–Crippen LogP) is 3.99. The van der Waals surface area contributed by atoms with Gasteiger partial charge in [-0.05, 0) is 54.9 Å². The van der Waals surface area contributed by atoms with E-state index in [9.17, 15) is 4.39 Å². The van der Waals surface area contributed by atoms with Crippen LogP contribution in [0.1, 0.15) is 22.7 Å². The molecule has 0 radical (unpaired) electrons. The molecule has 2 aromatic carbocycles. The second kappa shape index (κ2) is 5.62. The first kappa shape index (κ1) is 13.7. The number of hydrogen-bond acceptors (Lipinski definition) is 2. The van der Waals surface area contributed by atoms with Gasteiger partial charge in [0.25, 0.3) is 0 Å². The van der Waals surface area contributed by atoms with Gasteiger partial charge in [0.05, 0.1) is 11.6 Å². The van der Waals surface area contributed by atoms with Gasteiger partial charge in [-0.3, -0.25) is 4.98 Å². The molecule has 0 saturated carbocycles. The Balaban J connectivity index is 2.18. The molecular weight excluding hydrogens is 263 g/mol. The maximum absolute atomic E-state index is 13.3. The maximum Gasteiger partial charge on any atom is 0.123 e. The Labute approximate surface area is 123 Å². The van der Waals surface area contributed by atoms with E-state index >= 15 is 0 Å². The highest BCUT2D eigenvalue weighted by molar-refractivity contribution is 5.82. The van der Waals surface area contributed by atoms with Gasteiger partial charge in [0, 0.05) is 11.6 Å².